The van der Waals surface area contributed by atoms with Crippen LogP contribution in [0.3, 0.4) is 0 Å². The lowest BCUT2D eigenvalue weighted by Gasteiger charge is -2.34. The van der Waals surface area contributed by atoms with E-state index >= 15 is 0 Å². The largest absolute Gasteiger partial charge is 0.489 e. The summed E-state index contributed by atoms with van der Waals surface area (Å²) in [5.74, 6) is -1.80. The van der Waals surface area contributed by atoms with Crippen LogP contribution in [-0.2, 0) is 0 Å². The quantitative estimate of drug-likeness (QED) is 0.596. The Labute approximate surface area is 172 Å². The third-order valence-corrected chi connectivity index (χ3v) is 4.87. The highest BCUT2D eigenvalue weighted by molar-refractivity contribution is 5.60. The lowest BCUT2D eigenvalue weighted by atomic mass is 10.1. The van der Waals surface area contributed by atoms with E-state index in [-0.39, 0.29) is 11.8 Å². The minimum atomic E-state index is -1.53. The first-order valence-corrected chi connectivity index (χ1v) is 9.72. The number of nitrogens with zero attached hydrogens (tertiary/aromatic N) is 3. The maximum atomic E-state index is 14.0. The minimum Gasteiger partial charge on any atom is -0.489 e. The Bertz CT molecular complexity index is 1030. The molecule has 1 unspecified atom stereocenters. The van der Waals surface area contributed by atoms with Gasteiger partial charge in [-0.1, -0.05) is 18.2 Å². The van der Waals surface area contributed by atoms with E-state index in [1.165, 1.54) is 0 Å². The summed E-state index contributed by atoms with van der Waals surface area (Å²) in [5.41, 5.74) is -0.193. The summed E-state index contributed by atoms with van der Waals surface area (Å²) in [6.07, 6.45) is 1.87. The molecule has 2 heterocycles. The van der Waals surface area contributed by atoms with Gasteiger partial charge in [0, 0.05) is 12.6 Å². The fourth-order valence-electron chi connectivity index (χ4n) is 3.47. The van der Waals surface area contributed by atoms with E-state index in [9.17, 15) is 13.2 Å². The molecule has 8 heteroatoms. The van der Waals surface area contributed by atoms with Gasteiger partial charge in [-0.15, -0.1) is 0 Å². The number of benzene rings is 2. The van der Waals surface area contributed by atoms with Crippen LogP contribution in [0.15, 0.2) is 48.5 Å². The summed E-state index contributed by atoms with van der Waals surface area (Å²) in [6.45, 7) is 3.16. The number of piperidine rings is 1. The number of anilines is 3. The van der Waals surface area contributed by atoms with Gasteiger partial charge < -0.3 is 15.0 Å². The maximum absolute atomic E-state index is 14.0. The van der Waals surface area contributed by atoms with Crippen molar-refractivity contribution in [3.05, 3.63) is 71.8 Å². The molecule has 0 bridgehead atoms. The van der Waals surface area contributed by atoms with Crippen LogP contribution >= 0.6 is 0 Å². The van der Waals surface area contributed by atoms with Crippen LogP contribution in [0.4, 0.5) is 30.5 Å². The fourth-order valence-corrected chi connectivity index (χ4v) is 3.47. The number of aryl methyl sites for hydroxylation is 1. The van der Waals surface area contributed by atoms with Crippen LogP contribution in [0.1, 0.15) is 18.7 Å². The van der Waals surface area contributed by atoms with Crippen LogP contribution in [0, 0.1) is 24.4 Å². The summed E-state index contributed by atoms with van der Waals surface area (Å²) < 4.78 is 46.8. The second kappa shape index (κ2) is 8.61. The van der Waals surface area contributed by atoms with Crippen molar-refractivity contribution in [1.82, 2.24) is 9.97 Å². The van der Waals surface area contributed by atoms with Crippen LogP contribution in [0.2, 0.25) is 0 Å². The number of hydrogen-bond acceptors (Lipinski definition) is 5. The van der Waals surface area contributed by atoms with Crippen molar-refractivity contribution in [2.24, 2.45) is 0 Å². The van der Waals surface area contributed by atoms with E-state index in [2.05, 4.69) is 20.2 Å². The maximum Gasteiger partial charge on any atom is 0.196 e. The molecular formula is C22H21F3N4O. The van der Waals surface area contributed by atoms with E-state index in [4.69, 9.17) is 4.74 Å². The predicted octanol–water partition coefficient (Wildman–Crippen LogP) is 4.99. The number of hydrogen-bond donors (Lipinski definition) is 1. The van der Waals surface area contributed by atoms with E-state index in [1.807, 2.05) is 30.3 Å². The topological polar surface area (TPSA) is 50.3 Å². The second-order valence-electron chi connectivity index (χ2n) is 7.15. The predicted molar refractivity (Wildman–Crippen MR) is 109 cm³/mol. The van der Waals surface area contributed by atoms with Crippen LogP contribution in [0.5, 0.6) is 5.75 Å². The molecule has 1 aliphatic heterocycles. The first-order valence-electron chi connectivity index (χ1n) is 9.72. The van der Waals surface area contributed by atoms with Gasteiger partial charge in [-0.25, -0.2) is 23.1 Å². The third kappa shape index (κ3) is 4.48. The summed E-state index contributed by atoms with van der Waals surface area (Å²) in [7, 11) is 0. The highest BCUT2D eigenvalue weighted by Crippen LogP contribution is 2.27. The fraction of sp³-hybridized carbons (Fsp3) is 0.273. The SMILES string of the molecule is Cc1nc(Nc2ccc(F)c(F)c2F)cc(N2CCCC(Oc3ccccc3)C2)n1. The monoisotopic (exact) mass is 414 g/mol. The molecule has 0 radical (unpaired) electrons. The lowest BCUT2D eigenvalue weighted by Crippen LogP contribution is -2.41. The van der Waals surface area contributed by atoms with Gasteiger partial charge in [0.1, 0.15) is 29.3 Å². The number of nitrogens with one attached hydrogen (secondary N) is 1. The lowest BCUT2D eigenvalue weighted by molar-refractivity contribution is 0.179. The molecule has 0 amide bonds. The van der Waals surface area contributed by atoms with Crippen LogP contribution in [-0.4, -0.2) is 29.2 Å². The number of rotatable bonds is 5. The zero-order valence-corrected chi connectivity index (χ0v) is 16.4. The molecule has 1 saturated heterocycles. The number of para-hydroxylation sites is 1. The van der Waals surface area contributed by atoms with Crippen molar-refractivity contribution in [2.45, 2.75) is 25.9 Å². The highest BCUT2D eigenvalue weighted by Gasteiger charge is 2.23. The first-order chi connectivity index (χ1) is 14.5. The number of ether oxygens (including phenoxy) is 1. The van der Waals surface area contributed by atoms with Gasteiger partial charge in [0.2, 0.25) is 0 Å². The molecule has 2 aromatic carbocycles. The summed E-state index contributed by atoms with van der Waals surface area (Å²) in [5, 5.41) is 2.72. The summed E-state index contributed by atoms with van der Waals surface area (Å²) in [4.78, 5) is 10.8. The van der Waals surface area contributed by atoms with E-state index < -0.39 is 17.5 Å². The van der Waals surface area contributed by atoms with Gasteiger partial charge >= 0.3 is 0 Å². The van der Waals surface area contributed by atoms with Gasteiger partial charge in [0.05, 0.1) is 12.2 Å². The Hall–Kier alpha value is -3.29. The molecule has 1 N–H and O–H groups in total. The minimum absolute atomic E-state index is 0.0106. The number of aromatic nitrogens is 2. The molecule has 30 heavy (non-hydrogen) atoms. The van der Waals surface area contributed by atoms with Crippen molar-refractivity contribution in [2.75, 3.05) is 23.3 Å². The summed E-state index contributed by atoms with van der Waals surface area (Å²) >= 11 is 0. The Kier molecular flexibility index (Phi) is 5.74. The molecule has 3 aromatic rings. The zero-order valence-electron chi connectivity index (χ0n) is 16.4. The second-order valence-corrected chi connectivity index (χ2v) is 7.15. The van der Waals surface area contributed by atoms with Crippen molar-refractivity contribution < 1.29 is 17.9 Å². The van der Waals surface area contributed by atoms with Crippen molar-refractivity contribution in [3.8, 4) is 5.75 Å². The Morgan fingerprint density at radius 1 is 1.03 bits per heavy atom. The smallest absolute Gasteiger partial charge is 0.196 e. The molecule has 156 valence electrons. The van der Waals surface area contributed by atoms with Gasteiger partial charge in [-0.05, 0) is 44.0 Å². The van der Waals surface area contributed by atoms with Gasteiger partial charge in [-0.2, -0.15) is 0 Å². The van der Waals surface area contributed by atoms with E-state index in [0.717, 1.165) is 37.3 Å². The Balaban J connectivity index is 1.52. The van der Waals surface area contributed by atoms with Gasteiger partial charge in [-0.3, -0.25) is 0 Å². The highest BCUT2D eigenvalue weighted by atomic mass is 19.2. The van der Waals surface area contributed by atoms with E-state index in [1.54, 1.807) is 13.0 Å². The number of halogens is 3. The zero-order chi connectivity index (χ0) is 21.1. The summed E-state index contributed by atoms with van der Waals surface area (Å²) in [6, 6.07) is 13.3. The van der Waals surface area contributed by atoms with Crippen LogP contribution < -0.4 is 15.0 Å². The average Bonchev–Trinajstić information content (AvgIpc) is 2.75. The molecule has 1 aromatic heterocycles. The molecule has 5 nitrogen and oxygen atoms in total. The van der Waals surface area contributed by atoms with Crippen LogP contribution in [0.25, 0.3) is 0 Å². The Morgan fingerprint density at radius 2 is 1.83 bits per heavy atom. The molecule has 1 aliphatic rings. The molecule has 1 atom stereocenters. The van der Waals surface area contributed by atoms with E-state index in [0.29, 0.717) is 24.0 Å². The molecule has 1 fully saturated rings. The molecular weight excluding hydrogens is 393 g/mol. The molecule has 0 saturated carbocycles. The van der Waals surface area contributed by atoms with Gasteiger partial charge in [0.25, 0.3) is 0 Å². The standard InChI is InChI=1S/C22H21F3N4O/c1-14-26-19(28-18-10-9-17(23)21(24)22(18)25)12-20(27-14)29-11-5-8-16(13-29)30-15-6-3-2-4-7-15/h2-4,6-7,9-10,12,16H,5,8,11,13H2,1H3,(H,26,27,28). The average molecular weight is 414 g/mol. The molecule has 0 spiro atoms. The van der Waals surface area contributed by atoms with Crippen molar-refractivity contribution in [1.29, 1.82) is 0 Å². The molecule has 4 rings (SSSR count). The first kappa shape index (κ1) is 20.0. The third-order valence-electron chi connectivity index (χ3n) is 4.87. The van der Waals surface area contributed by atoms with Gasteiger partial charge in [0.15, 0.2) is 17.5 Å². The van der Waals surface area contributed by atoms with Crippen molar-refractivity contribution in [3.63, 3.8) is 0 Å². The normalized spacial score (nSPS) is 16.4. The Morgan fingerprint density at radius 3 is 2.63 bits per heavy atom. The molecule has 0 aliphatic carbocycles. The van der Waals surface area contributed by atoms with Crippen molar-refractivity contribution >= 4 is 17.3 Å².